The number of sulfonamides is 1. The molecular formula is C37H42N4O6S. The van der Waals surface area contributed by atoms with Gasteiger partial charge in [-0.25, -0.2) is 13.1 Å². The molecule has 1 aromatic heterocycles. The first-order valence-electron chi connectivity index (χ1n) is 16.7. The van der Waals surface area contributed by atoms with E-state index in [1.807, 2.05) is 9.80 Å². The number of benzene rings is 3. The first-order valence-corrected chi connectivity index (χ1v) is 18.2. The Kier molecular flexibility index (Phi) is 10.1. The molecule has 11 heteroatoms. The lowest BCUT2D eigenvalue weighted by Crippen LogP contribution is -2.30. The summed E-state index contributed by atoms with van der Waals surface area (Å²) in [6.45, 7) is 3.79. The van der Waals surface area contributed by atoms with Crippen molar-refractivity contribution in [3.63, 3.8) is 0 Å². The Balaban J connectivity index is 1.24. The summed E-state index contributed by atoms with van der Waals surface area (Å²) >= 11 is 0. The lowest BCUT2D eigenvalue weighted by atomic mass is 10.0. The van der Waals surface area contributed by atoms with Crippen LogP contribution in [0.5, 0.6) is 5.75 Å². The van der Waals surface area contributed by atoms with Crippen LogP contribution in [0.4, 0.5) is 0 Å². The van der Waals surface area contributed by atoms with E-state index in [0.29, 0.717) is 32.2 Å². The highest BCUT2D eigenvalue weighted by Gasteiger charge is 2.23. The fourth-order valence-electron chi connectivity index (χ4n) is 6.70. The highest BCUT2D eigenvalue weighted by molar-refractivity contribution is 7.90. The van der Waals surface area contributed by atoms with E-state index >= 15 is 0 Å². The van der Waals surface area contributed by atoms with Crippen LogP contribution in [0.15, 0.2) is 77.8 Å². The SMILES string of the molecule is COc1cc(Cn2cc(CCC(=O)N3CCCC3)c3ccc(CCC(=O)N4CCCC4)cc32)ccc1C(=O)NS(=O)(=O)c1ccccc1. The monoisotopic (exact) mass is 670 g/mol. The molecule has 6 rings (SSSR count). The van der Waals surface area contributed by atoms with E-state index in [1.165, 1.54) is 19.2 Å². The van der Waals surface area contributed by atoms with E-state index in [2.05, 4.69) is 33.7 Å². The van der Waals surface area contributed by atoms with Gasteiger partial charge in [-0.1, -0.05) is 36.4 Å². The summed E-state index contributed by atoms with van der Waals surface area (Å²) in [5.74, 6) is -0.163. The summed E-state index contributed by atoms with van der Waals surface area (Å²) in [5.41, 5.74) is 4.09. The van der Waals surface area contributed by atoms with Crippen LogP contribution in [0.1, 0.15) is 65.6 Å². The topological polar surface area (TPSA) is 118 Å². The van der Waals surface area contributed by atoms with Crippen molar-refractivity contribution < 1.29 is 27.5 Å². The Hall–Kier alpha value is -4.64. The van der Waals surface area contributed by atoms with Crippen molar-refractivity contribution in [2.45, 2.75) is 62.8 Å². The number of aromatic nitrogens is 1. The molecule has 0 atom stereocenters. The number of hydrogen-bond acceptors (Lipinski definition) is 6. The second-order valence-electron chi connectivity index (χ2n) is 12.6. The van der Waals surface area contributed by atoms with Gasteiger partial charge in [0.05, 0.1) is 17.6 Å². The molecule has 10 nitrogen and oxygen atoms in total. The average Bonchev–Trinajstić information content (AvgIpc) is 3.89. The predicted octanol–water partition coefficient (Wildman–Crippen LogP) is 4.93. The molecule has 0 saturated carbocycles. The maximum Gasteiger partial charge on any atom is 0.268 e. The number of carbonyl (C=O) groups is 3. The van der Waals surface area contributed by atoms with Crippen LogP contribution >= 0.6 is 0 Å². The third-order valence-corrected chi connectivity index (χ3v) is 10.7. The number of carbonyl (C=O) groups excluding carboxylic acids is 3. The van der Waals surface area contributed by atoms with Crippen LogP contribution in [0, 0.1) is 0 Å². The smallest absolute Gasteiger partial charge is 0.268 e. The van der Waals surface area contributed by atoms with Crippen LogP contribution in [0.3, 0.4) is 0 Å². The molecule has 2 aliphatic rings. The first kappa shape index (κ1) is 33.3. The van der Waals surface area contributed by atoms with Gasteiger partial charge >= 0.3 is 0 Å². The molecule has 3 aromatic carbocycles. The van der Waals surface area contributed by atoms with Crippen LogP contribution in [-0.4, -0.2) is 73.8 Å². The molecular weight excluding hydrogens is 628 g/mol. The average molecular weight is 671 g/mol. The van der Waals surface area contributed by atoms with Gasteiger partial charge in [-0.3, -0.25) is 14.4 Å². The van der Waals surface area contributed by atoms with Gasteiger partial charge < -0.3 is 19.1 Å². The molecule has 2 saturated heterocycles. The number of fused-ring (bicyclic) bond motifs is 1. The third-order valence-electron chi connectivity index (χ3n) is 9.33. The van der Waals surface area contributed by atoms with Crippen molar-refractivity contribution >= 4 is 38.6 Å². The largest absolute Gasteiger partial charge is 0.496 e. The van der Waals surface area contributed by atoms with E-state index in [0.717, 1.165) is 79.5 Å². The number of nitrogens with one attached hydrogen (secondary N) is 1. The Morgan fingerprint density at radius 2 is 1.40 bits per heavy atom. The van der Waals surface area contributed by atoms with Gasteiger partial charge in [0.2, 0.25) is 11.8 Å². The number of amides is 3. The Bertz CT molecular complexity index is 1910. The van der Waals surface area contributed by atoms with E-state index in [4.69, 9.17) is 4.74 Å². The minimum atomic E-state index is -4.06. The van der Waals surface area contributed by atoms with Crippen molar-refractivity contribution in [1.82, 2.24) is 19.1 Å². The fourth-order valence-corrected chi connectivity index (χ4v) is 7.68. The predicted molar refractivity (Wildman–Crippen MR) is 183 cm³/mol. The van der Waals surface area contributed by atoms with Gasteiger partial charge in [0.1, 0.15) is 5.75 Å². The number of aryl methyl sites for hydroxylation is 2. The second kappa shape index (κ2) is 14.6. The van der Waals surface area contributed by atoms with Crippen molar-refractivity contribution in [2.24, 2.45) is 0 Å². The maximum absolute atomic E-state index is 13.1. The summed E-state index contributed by atoms with van der Waals surface area (Å²) in [6, 6.07) is 19.1. The molecule has 0 unspecified atom stereocenters. The van der Waals surface area contributed by atoms with Gasteiger partial charge in [0.25, 0.3) is 15.9 Å². The molecule has 1 N–H and O–H groups in total. The Labute approximate surface area is 281 Å². The standard InChI is InChI=1S/C37H42N4O6S/c1-47-34-24-28(12-16-32(34)37(44)38-48(45,46)30-9-3-2-4-10-30)25-41-26-29(14-18-36(43)40-21-7-8-22-40)31-15-11-27(23-33(31)41)13-17-35(42)39-19-5-6-20-39/h2-4,9-12,15-16,23-24,26H,5-8,13-14,17-22,25H2,1H3,(H,38,44). The Morgan fingerprint density at radius 3 is 2.04 bits per heavy atom. The normalized spacial score (nSPS) is 14.9. The molecule has 252 valence electrons. The van der Waals surface area contributed by atoms with Crippen LogP contribution in [0.2, 0.25) is 0 Å². The molecule has 0 radical (unpaired) electrons. The highest BCUT2D eigenvalue weighted by Crippen LogP contribution is 2.28. The zero-order chi connectivity index (χ0) is 33.7. The summed E-state index contributed by atoms with van der Waals surface area (Å²) < 4.78 is 35.4. The zero-order valence-electron chi connectivity index (χ0n) is 27.3. The molecule has 48 heavy (non-hydrogen) atoms. The minimum absolute atomic E-state index is 0.00821. The first-order chi connectivity index (χ1) is 23.2. The summed E-state index contributed by atoms with van der Waals surface area (Å²) in [5, 5.41) is 1.06. The summed E-state index contributed by atoms with van der Waals surface area (Å²) in [7, 11) is -2.62. The van der Waals surface area contributed by atoms with E-state index in [1.54, 1.807) is 36.4 Å². The molecule has 3 amide bonds. The van der Waals surface area contributed by atoms with Crippen LogP contribution < -0.4 is 9.46 Å². The van der Waals surface area contributed by atoms with Gasteiger partial charge in [-0.2, -0.15) is 0 Å². The number of ether oxygens (including phenoxy) is 1. The second-order valence-corrected chi connectivity index (χ2v) is 14.3. The van der Waals surface area contributed by atoms with Crippen LogP contribution in [-0.2, 0) is 39.0 Å². The van der Waals surface area contributed by atoms with E-state index in [-0.39, 0.29) is 28.0 Å². The minimum Gasteiger partial charge on any atom is -0.496 e. The lowest BCUT2D eigenvalue weighted by Gasteiger charge is -2.15. The summed E-state index contributed by atoms with van der Waals surface area (Å²) in [6.07, 6.45) is 8.49. The summed E-state index contributed by atoms with van der Waals surface area (Å²) in [4.78, 5) is 42.6. The quantitative estimate of drug-likeness (QED) is 0.229. The molecule has 4 aromatic rings. The highest BCUT2D eigenvalue weighted by atomic mass is 32.2. The van der Waals surface area contributed by atoms with Gasteiger partial charge in [0, 0.05) is 62.7 Å². The van der Waals surface area contributed by atoms with Crippen molar-refractivity contribution in [2.75, 3.05) is 33.3 Å². The van der Waals surface area contributed by atoms with Crippen LogP contribution in [0.25, 0.3) is 10.9 Å². The number of rotatable bonds is 12. The van der Waals surface area contributed by atoms with Crippen molar-refractivity contribution in [3.8, 4) is 5.75 Å². The molecule has 3 heterocycles. The molecule has 2 fully saturated rings. The number of hydrogen-bond donors (Lipinski definition) is 1. The number of methoxy groups -OCH3 is 1. The number of likely N-dealkylation sites (tertiary alicyclic amines) is 2. The maximum atomic E-state index is 13.1. The molecule has 0 bridgehead atoms. The van der Waals surface area contributed by atoms with Gasteiger partial charge in [-0.05, 0) is 85.5 Å². The van der Waals surface area contributed by atoms with E-state index < -0.39 is 15.9 Å². The molecule has 0 aliphatic carbocycles. The fraction of sp³-hybridized carbons (Fsp3) is 0.378. The molecule has 0 spiro atoms. The zero-order valence-corrected chi connectivity index (χ0v) is 28.1. The van der Waals surface area contributed by atoms with Crippen molar-refractivity contribution in [1.29, 1.82) is 0 Å². The van der Waals surface area contributed by atoms with Crippen molar-refractivity contribution in [3.05, 3.63) is 95.2 Å². The van der Waals surface area contributed by atoms with Gasteiger partial charge in [0.15, 0.2) is 0 Å². The number of nitrogens with zero attached hydrogens (tertiary/aromatic N) is 3. The third kappa shape index (κ3) is 7.57. The van der Waals surface area contributed by atoms with Gasteiger partial charge in [-0.15, -0.1) is 0 Å². The molecule has 2 aliphatic heterocycles. The van der Waals surface area contributed by atoms with E-state index in [9.17, 15) is 22.8 Å². The Morgan fingerprint density at radius 1 is 0.771 bits per heavy atom. The lowest BCUT2D eigenvalue weighted by molar-refractivity contribution is -0.130.